The first kappa shape index (κ1) is 21.6. The summed E-state index contributed by atoms with van der Waals surface area (Å²) >= 11 is 3.50. The Bertz CT molecular complexity index is 1160. The highest BCUT2D eigenvalue weighted by atomic mass is 79.9. The molecule has 0 radical (unpaired) electrons. The Morgan fingerprint density at radius 2 is 1.72 bits per heavy atom. The maximum atomic E-state index is 13.2. The van der Waals surface area contributed by atoms with E-state index < -0.39 is 6.04 Å². The van der Waals surface area contributed by atoms with Gasteiger partial charge in [0.05, 0.1) is 11.6 Å². The number of hydrogen-bond acceptors (Lipinski definition) is 3. The van der Waals surface area contributed by atoms with Crippen molar-refractivity contribution in [2.24, 2.45) is 0 Å². The van der Waals surface area contributed by atoms with Crippen LogP contribution in [0.1, 0.15) is 24.1 Å². The van der Waals surface area contributed by atoms with Crippen molar-refractivity contribution in [1.29, 1.82) is 0 Å². The van der Waals surface area contributed by atoms with Gasteiger partial charge in [-0.1, -0.05) is 64.5 Å². The van der Waals surface area contributed by atoms with Gasteiger partial charge in [0.25, 0.3) is 5.91 Å². The maximum Gasteiger partial charge on any atom is 0.319 e. The summed E-state index contributed by atoms with van der Waals surface area (Å²) in [6.45, 7) is 2.08. The van der Waals surface area contributed by atoms with Crippen LogP contribution in [0.3, 0.4) is 0 Å². The third-order valence-corrected chi connectivity index (χ3v) is 5.56. The van der Waals surface area contributed by atoms with Crippen LogP contribution >= 0.6 is 15.9 Å². The molecule has 0 aliphatic carbocycles. The summed E-state index contributed by atoms with van der Waals surface area (Å²) in [7, 11) is 0. The Morgan fingerprint density at radius 1 is 1.03 bits per heavy atom. The number of halogens is 1. The smallest absolute Gasteiger partial charge is 0.319 e. The van der Waals surface area contributed by atoms with E-state index in [-0.39, 0.29) is 11.9 Å². The Labute approximate surface area is 194 Å². The van der Waals surface area contributed by atoms with Crippen molar-refractivity contribution in [3.8, 4) is 5.75 Å². The van der Waals surface area contributed by atoms with E-state index in [0.29, 0.717) is 34.9 Å². The minimum atomic E-state index is -0.685. The Kier molecular flexibility index (Phi) is 6.56. The number of urea groups is 1. The Hall–Kier alpha value is -3.58. The van der Waals surface area contributed by atoms with Crippen LogP contribution in [0.5, 0.6) is 5.75 Å². The number of hydrogen-bond donors (Lipinski definition) is 3. The SMILES string of the molecule is CC1=C(C(=O)Nc2ccccc2)C(c2cc(Br)ccc2OCc2ccccc2)NC(=O)N1. The highest BCUT2D eigenvalue weighted by Crippen LogP contribution is 2.36. The van der Waals surface area contributed by atoms with Gasteiger partial charge in [-0.2, -0.15) is 0 Å². The van der Waals surface area contributed by atoms with Crippen molar-refractivity contribution in [2.45, 2.75) is 19.6 Å². The fraction of sp³-hybridized carbons (Fsp3) is 0.120. The molecule has 3 aromatic carbocycles. The summed E-state index contributed by atoms with van der Waals surface area (Å²) in [5, 5.41) is 8.49. The lowest BCUT2D eigenvalue weighted by Crippen LogP contribution is -2.46. The van der Waals surface area contributed by atoms with E-state index in [1.165, 1.54) is 0 Å². The molecule has 0 saturated carbocycles. The van der Waals surface area contributed by atoms with Gasteiger partial charge in [-0.15, -0.1) is 0 Å². The summed E-state index contributed by atoms with van der Waals surface area (Å²) in [5.74, 6) is 0.280. The van der Waals surface area contributed by atoms with Gasteiger partial charge in [0.2, 0.25) is 0 Å². The second-order valence-electron chi connectivity index (χ2n) is 7.35. The highest BCUT2D eigenvalue weighted by molar-refractivity contribution is 9.10. The zero-order valence-corrected chi connectivity index (χ0v) is 19.0. The van der Waals surface area contributed by atoms with Gasteiger partial charge >= 0.3 is 6.03 Å². The van der Waals surface area contributed by atoms with Crippen molar-refractivity contribution in [2.75, 3.05) is 5.32 Å². The highest BCUT2D eigenvalue weighted by Gasteiger charge is 2.33. The summed E-state index contributed by atoms with van der Waals surface area (Å²) < 4.78 is 6.91. The molecule has 6 nitrogen and oxygen atoms in total. The van der Waals surface area contributed by atoms with Crippen LogP contribution < -0.4 is 20.7 Å². The van der Waals surface area contributed by atoms with Gasteiger partial charge in [0, 0.05) is 21.4 Å². The molecule has 3 N–H and O–H groups in total. The van der Waals surface area contributed by atoms with E-state index in [2.05, 4.69) is 31.9 Å². The maximum absolute atomic E-state index is 13.2. The first-order chi connectivity index (χ1) is 15.5. The molecule has 0 spiro atoms. The van der Waals surface area contributed by atoms with E-state index in [9.17, 15) is 9.59 Å². The van der Waals surface area contributed by atoms with Crippen molar-refractivity contribution >= 4 is 33.6 Å². The lowest BCUT2D eigenvalue weighted by molar-refractivity contribution is -0.113. The zero-order valence-electron chi connectivity index (χ0n) is 17.4. The molecule has 0 bridgehead atoms. The van der Waals surface area contributed by atoms with Crippen LogP contribution in [0.4, 0.5) is 10.5 Å². The number of amides is 3. The molecular weight excluding hydrogens is 470 g/mol. The van der Waals surface area contributed by atoms with E-state index in [4.69, 9.17) is 4.74 Å². The number of carbonyl (C=O) groups excluding carboxylic acids is 2. The van der Waals surface area contributed by atoms with Crippen LogP contribution in [0.25, 0.3) is 0 Å². The predicted molar refractivity (Wildman–Crippen MR) is 127 cm³/mol. The third kappa shape index (κ3) is 5.00. The molecule has 0 saturated heterocycles. The topological polar surface area (TPSA) is 79.5 Å². The largest absolute Gasteiger partial charge is 0.489 e. The molecular formula is C25H22BrN3O3. The number of allylic oxidation sites excluding steroid dienone is 1. The van der Waals surface area contributed by atoms with E-state index in [1.54, 1.807) is 6.92 Å². The van der Waals surface area contributed by atoms with Crippen LogP contribution in [-0.4, -0.2) is 11.9 Å². The van der Waals surface area contributed by atoms with Crippen molar-refractivity contribution in [3.05, 3.63) is 106 Å². The number of para-hydroxylation sites is 1. The molecule has 3 aromatic rings. The van der Waals surface area contributed by atoms with Crippen LogP contribution in [0, 0.1) is 0 Å². The Balaban J connectivity index is 1.68. The normalized spacial score (nSPS) is 15.6. The average molecular weight is 492 g/mol. The number of carbonyl (C=O) groups is 2. The molecule has 1 unspecified atom stereocenters. The molecule has 1 aliphatic rings. The molecule has 4 rings (SSSR count). The average Bonchev–Trinajstić information content (AvgIpc) is 2.79. The first-order valence-electron chi connectivity index (χ1n) is 10.1. The lowest BCUT2D eigenvalue weighted by atomic mass is 9.94. The zero-order chi connectivity index (χ0) is 22.5. The lowest BCUT2D eigenvalue weighted by Gasteiger charge is -2.30. The number of rotatable bonds is 6. The van der Waals surface area contributed by atoms with Gasteiger partial charge in [0.1, 0.15) is 12.4 Å². The molecule has 0 fully saturated rings. The van der Waals surface area contributed by atoms with E-state index in [0.717, 1.165) is 10.0 Å². The van der Waals surface area contributed by atoms with Crippen LogP contribution in [-0.2, 0) is 11.4 Å². The van der Waals surface area contributed by atoms with Gasteiger partial charge in [-0.05, 0) is 42.8 Å². The van der Waals surface area contributed by atoms with E-state index in [1.807, 2.05) is 78.9 Å². The summed E-state index contributed by atoms with van der Waals surface area (Å²) in [6, 6.07) is 23.5. The molecule has 1 aliphatic heterocycles. The van der Waals surface area contributed by atoms with Crippen molar-refractivity contribution in [1.82, 2.24) is 10.6 Å². The second-order valence-corrected chi connectivity index (χ2v) is 8.26. The fourth-order valence-electron chi connectivity index (χ4n) is 3.56. The summed E-state index contributed by atoms with van der Waals surface area (Å²) in [6.07, 6.45) is 0. The Morgan fingerprint density at radius 3 is 2.44 bits per heavy atom. The van der Waals surface area contributed by atoms with Gasteiger partial charge in [-0.25, -0.2) is 4.79 Å². The van der Waals surface area contributed by atoms with Crippen LogP contribution in [0.15, 0.2) is 94.6 Å². The van der Waals surface area contributed by atoms with Crippen LogP contribution in [0.2, 0.25) is 0 Å². The molecule has 162 valence electrons. The van der Waals surface area contributed by atoms with Gasteiger partial charge in [-0.3, -0.25) is 4.79 Å². The molecule has 0 aromatic heterocycles. The molecule has 7 heteroatoms. The minimum absolute atomic E-state index is 0.305. The molecule has 32 heavy (non-hydrogen) atoms. The number of ether oxygens (including phenoxy) is 1. The van der Waals surface area contributed by atoms with Gasteiger partial charge < -0.3 is 20.7 Å². The summed E-state index contributed by atoms with van der Waals surface area (Å²) in [4.78, 5) is 25.5. The van der Waals surface area contributed by atoms with Crippen molar-refractivity contribution in [3.63, 3.8) is 0 Å². The number of nitrogens with one attached hydrogen (secondary N) is 3. The third-order valence-electron chi connectivity index (χ3n) is 5.07. The predicted octanol–water partition coefficient (Wildman–Crippen LogP) is 5.29. The van der Waals surface area contributed by atoms with E-state index >= 15 is 0 Å². The number of anilines is 1. The first-order valence-corrected chi connectivity index (χ1v) is 10.9. The quantitative estimate of drug-likeness (QED) is 0.437. The summed E-state index contributed by atoms with van der Waals surface area (Å²) in [5.41, 5.74) is 3.27. The molecule has 1 heterocycles. The second kappa shape index (κ2) is 9.70. The van der Waals surface area contributed by atoms with Crippen molar-refractivity contribution < 1.29 is 14.3 Å². The minimum Gasteiger partial charge on any atom is -0.489 e. The molecule has 3 amide bonds. The van der Waals surface area contributed by atoms with Gasteiger partial charge in [0.15, 0.2) is 0 Å². The molecule has 1 atom stereocenters. The standard InChI is InChI=1S/C25H22BrN3O3/c1-16-22(24(30)28-19-10-6-3-7-11-19)23(29-25(31)27-16)20-14-18(26)12-13-21(20)32-15-17-8-4-2-5-9-17/h2-14,23H,15H2,1H3,(H,28,30)(H2,27,29,31). The fourth-order valence-corrected chi connectivity index (χ4v) is 3.94. The number of benzene rings is 3. The monoisotopic (exact) mass is 491 g/mol.